The van der Waals surface area contributed by atoms with Crippen molar-refractivity contribution in [3.63, 3.8) is 0 Å². The molecule has 0 fully saturated rings. The van der Waals surface area contributed by atoms with E-state index >= 15 is 0 Å². The number of rotatable bonds is 5. The van der Waals surface area contributed by atoms with Crippen molar-refractivity contribution in [3.05, 3.63) is 5.28 Å². The number of aromatic nitrogens is 3. The predicted molar refractivity (Wildman–Crippen MR) is 66.4 cm³/mol. The third-order valence-corrected chi connectivity index (χ3v) is 3.41. The Bertz CT molecular complexity index is 389. The summed E-state index contributed by atoms with van der Waals surface area (Å²) in [5.74, 6) is 0.773. The van der Waals surface area contributed by atoms with Crippen molar-refractivity contribution in [2.24, 2.45) is 0 Å². The Hall–Kier alpha value is -0.950. The van der Waals surface area contributed by atoms with Gasteiger partial charge in [-0.2, -0.15) is 15.0 Å². The van der Waals surface area contributed by atoms with Gasteiger partial charge in [0.05, 0.1) is 0 Å². The van der Waals surface area contributed by atoms with Crippen LogP contribution in [0.15, 0.2) is 0 Å². The summed E-state index contributed by atoms with van der Waals surface area (Å²) >= 11 is 5.70. The maximum absolute atomic E-state index is 11.1. The van der Waals surface area contributed by atoms with Crippen molar-refractivity contribution in [1.29, 1.82) is 0 Å². The summed E-state index contributed by atoms with van der Waals surface area (Å²) in [7, 11) is 0.815. The molecular formula is C8H14ClN5OS. The van der Waals surface area contributed by atoms with Gasteiger partial charge in [-0.25, -0.2) is 0 Å². The van der Waals surface area contributed by atoms with Gasteiger partial charge < -0.3 is 10.6 Å². The second-order valence-corrected chi connectivity index (χ2v) is 5.33. The maximum atomic E-state index is 11.1. The Morgan fingerprint density at radius 2 is 2.00 bits per heavy atom. The Kier molecular flexibility index (Phi) is 4.88. The van der Waals surface area contributed by atoms with Gasteiger partial charge in [0.25, 0.3) is 0 Å². The fourth-order valence-electron chi connectivity index (χ4n) is 0.893. The quantitative estimate of drug-likeness (QED) is 0.816. The SMILES string of the molecule is CNc1nc(Cl)nc(NCC(C)S(C)=O)n1. The van der Waals surface area contributed by atoms with Crippen molar-refractivity contribution < 1.29 is 4.21 Å². The van der Waals surface area contributed by atoms with Crippen LogP contribution in [0.4, 0.5) is 11.9 Å². The Labute approximate surface area is 102 Å². The lowest BCUT2D eigenvalue weighted by atomic mass is 10.5. The number of hydrogen-bond donors (Lipinski definition) is 2. The molecule has 0 radical (unpaired) electrons. The molecule has 0 amide bonds. The first-order valence-electron chi connectivity index (χ1n) is 4.68. The summed E-state index contributed by atoms with van der Waals surface area (Å²) in [5.41, 5.74) is 0. The van der Waals surface area contributed by atoms with Gasteiger partial charge in [-0.15, -0.1) is 0 Å². The van der Waals surface area contributed by atoms with Crippen LogP contribution >= 0.6 is 11.6 Å². The largest absolute Gasteiger partial charge is 0.357 e. The highest BCUT2D eigenvalue weighted by molar-refractivity contribution is 7.84. The van der Waals surface area contributed by atoms with Gasteiger partial charge in [0, 0.05) is 35.9 Å². The fourth-order valence-corrected chi connectivity index (χ4v) is 1.37. The minimum absolute atomic E-state index is 0.0218. The van der Waals surface area contributed by atoms with Gasteiger partial charge in [0.1, 0.15) is 0 Å². The number of nitrogens with one attached hydrogen (secondary N) is 2. The van der Waals surface area contributed by atoms with Gasteiger partial charge in [-0.3, -0.25) is 4.21 Å². The van der Waals surface area contributed by atoms with Crippen LogP contribution < -0.4 is 10.6 Å². The first-order valence-corrected chi connectivity index (χ1v) is 6.68. The standard InChI is InChI=1S/C8H14ClN5OS/c1-5(16(3)15)4-11-8-13-6(9)12-7(10-2)14-8/h5H,4H2,1-3H3,(H2,10,11,12,13,14). The normalized spacial score (nSPS) is 14.2. The minimum atomic E-state index is -0.879. The number of nitrogens with zero attached hydrogens (tertiary/aromatic N) is 3. The van der Waals surface area contributed by atoms with Crippen LogP contribution in [-0.2, 0) is 10.8 Å². The Morgan fingerprint density at radius 3 is 2.56 bits per heavy atom. The molecule has 0 aliphatic rings. The topological polar surface area (TPSA) is 79.8 Å². The lowest BCUT2D eigenvalue weighted by molar-refractivity contribution is 0.678. The summed E-state index contributed by atoms with van der Waals surface area (Å²) in [4.78, 5) is 11.8. The first kappa shape index (κ1) is 13.1. The Balaban J connectivity index is 2.66. The number of halogens is 1. The van der Waals surface area contributed by atoms with Gasteiger partial charge in [0.2, 0.25) is 17.2 Å². The molecule has 0 spiro atoms. The molecular weight excluding hydrogens is 250 g/mol. The third kappa shape index (κ3) is 3.90. The first-order chi connectivity index (χ1) is 7.52. The fraction of sp³-hybridized carbons (Fsp3) is 0.625. The van der Waals surface area contributed by atoms with Crippen LogP contribution in [0.2, 0.25) is 5.28 Å². The van der Waals surface area contributed by atoms with Crippen molar-refractivity contribution in [1.82, 2.24) is 15.0 Å². The molecule has 1 aromatic rings. The monoisotopic (exact) mass is 263 g/mol. The molecule has 0 saturated heterocycles. The van der Waals surface area contributed by atoms with E-state index < -0.39 is 10.8 Å². The van der Waals surface area contributed by atoms with Crippen LogP contribution in [0.1, 0.15) is 6.92 Å². The van der Waals surface area contributed by atoms with Crippen LogP contribution in [0, 0.1) is 0 Å². The van der Waals surface area contributed by atoms with E-state index in [0.29, 0.717) is 18.4 Å². The summed E-state index contributed by atoms with van der Waals surface area (Å²) < 4.78 is 11.1. The predicted octanol–water partition coefficient (Wildman–Crippen LogP) is 0.746. The summed E-state index contributed by atoms with van der Waals surface area (Å²) in [5, 5.41) is 5.87. The zero-order valence-electron chi connectivity index (χ0n) is 9.32. The van der Waals surface area contributed by atoms with E-state index in [1.807, 2.05) is 6.92 Å². The smallest absolute Gasteiger partial charge is 0.228 e. The molecule has 2 unspecified atom stereocenters. The minimum Gasteiger partial charge on any atom is -0.357 e. The van der Waals surface area contributed by atoms with Crippen molar-refractivity contribution in [3.8, 4) is 0 Å². The molecule has 1 heterocycles. The zero-order chi connectivity index (χ0) is 12.1. The van der Waals surface area contributed by atoms with Crippen LogP contribution in [0.25, 0.3) is 0 Å². The molecule has 0 aliphatic heterocycles. The third-order valence-electron chi connectivity index (χ3n) is 1.95. The molecule has 90 valence electrons. The van der Waals surface area contributed by atoms with E-state index in [0.717, 1.165) is 0 Å². The highest BCUT2D eigenvalue weighted by Gasteiger charge is 2.08. The van der Waals surface area contributed by atoms with Gasteiger partial charge in [0.15, 0.2) is 0 Å². The molecule has 8 heteroatoms. The average Bonchev–Trinajstić information content (AvgIpc) is 2.24. The molecule has 16 heavy (non-hydrogen) atoms. The summed E-state index contributed by atoms with van der Waals surface area (Å²) in [6.45, 7) is 2.40. The molecule has 2 atom stereocenters. The highest BCUT2D eigenvalue weighted by atomic mass is 35.5. The molecule has 6 nitrogen and oxygen atoms in total. The van der Waals surface area contributed by atoms with E-state index in [9.17, 15) is 4.21 Å². The molecule has 0 bridgehead atoms. The van der Waals surface area contributed by atoms with Crippen molar-refractivity contribution in [2.45, 2.75) is 12.2 Å². The van der Waals surface area contributed by atoms with Gasteiger partial charge >= 0.3 is 0 Å². The molecule has 0 aliphatic carbocycles. The molecule has 0 saturated carbocycles. The summed E-state index contributed by atoms with van der Waals surface area (Å²) in [6, 6.07) is 0. The second-order valence-electron chi connectivity index (χ2n) is 3.19. The maximum Gasteiger partial charge on any atom is 0.228 e. The van der Waals surface area contributed by atoms with Gasteiger partial charge in [-0.1, -0.05) is 0 Å². The zero-order valence-corrected chi connectivity index (χ0v) is 10.9. The molecule has 0 aromatic carbocycles. The molecule has 1 rings (SSSR count). The van der Waals surface area contributed by atoms with Crippen molar-refractivity contribution in [2.75, 3.05) is 30.5 Å². The average molecular weight is 264 g/mol. The van der Waals surface area contributed by atoms with Crippen LogP contribution in [0.3, 0.4) is 0 Å². The highest BCUT2D eigenvalue weighted by Crippen LogP contribution is 2.09. The van der Waals surface area contributed by atoms with E-state index in [-0.39, 0.29) is 10.5 Å². The van der Waals surface area contributed by atoms with Gasteiger partial charge in [-0.05, 0) is 18.5 Å². The molecule has 1 aromatic heterocycles. The lowest BCUT2D eigenvalue weighted by Crippen LogP contribution is -2.22. The van der Waals surface area contributed by atoms with E-state index in [1.165, 1.54) is 0 Å². The number of hydrogen-bond acceptors (Lipinski definition) is 6. The van der Waals surface area contributed by atoms with E-state index in [2.05, 4.69) is 25.6 Å². The molecule has 2 N–H and O–H groups in total. The van der Waals surface area contributed by atoms with E-state index in [1.54, 1.807) is 13.3 Å². The Morgan fingerprint density at radius 1 is 1.38 bits per heavy atom. The summed E-state index contributed by atoms with van der Waals surface area (Å²) in [6.07, 6.45) is 1.66. The van der Waals surface area contributed by atoms with Crippen LogP contribution in [0.5, 0.6) is 0 Å². The van der Waals surface area contributed by atoms with Crippen LogP contribution in [-0.4, -0.2) is 44.3 Å². The lowest BCUT2D eigenvalue weighted by Gasteiger charge is -2.10. The van der Waals surface area contributed by atoms with Crippen molar-refractivity contribution >= 4 is 34.3 Å². The number of anilines is 2. The van der Waals surface area contributed by atoms with E-state index in [4.69, 9.17) is 11.6 Å². The second kappa shape index (κ2) is 5.95.